The molecule has 2 aliphatic heterocycles. The molecule has 2 saturated heterocycles. The van der Waals surface area contributed by atoms with Gasteiger partial charge >= 0.3 is 7.12 Å². The van der Waals surface area contributed by atoms with Crippen LogP contribution in [0.25, 0.3) is 0 Å². The molecule has 3 aliphatic carbocycles. The van der Waals surface area contributed by atoms with Gasteiger partial charge in [-0.1, -0.05) is 44.2 Å². The molecule has 8 nitrogen and oxygen atoms in total. The molecule has 0 aromatic heterocycles. The van der Waals surface area contributed by atoms with Crippen LogP contribution in [0, 0.1) is 17.3 Å². The topological polar surface area (TPSA) is 103 Å². The van der Waals surface area contributed by atoms with Crippen molar-refractivity contribution in [2.75, 3.05) is 26.3 Å². The first kappa shape index (κ1) is 24.7. The van der Waals surface area contributed by atoms with Crippen molar-refractivity contribution >= 4 is 18.9 Å². The van der Waals surface area contributed by atoms with Crippen LogP contribution in [0.4, 0.5) is 0 Å². The molecule has 0 spiro atoms. The molecule has 2 heterocycles. The number of carbonyl (C=O) groups is 2. The zero-order valence-electron chi connectivity index (χ0n) is 21.1. The van der Waals surface area contributed by atoms with Crippen molar-refractivity contribution in [3.05, 3.63) is 35.9 Å². The zero-order chi connectivity index (χ0) is 24.8. The number of ether oxygens (including phenoxy) is 1. The Kier molecular flexibility index (Phi) is 6.72. The highest BCUT2D eigenvalue weighted by molar-refractivity contribution is 6.48. The molecule has 1 aromatic carbocycles. The minimum Gasteiger partial charge on any atom is -0.404 e. The van der Waals surface area contributed by atoms with E-state index in [0.29, 0.717) is 44.6 Å². The van der Waals surface area contributed by atoms with Crippen molar-refractivity contribution in [3.8, 4) is 0 Å². The Morgan fingerprint density at radius 1 is 1.17 bits per heavy atom. The molecule has 5 aliphatic rings. The number of nitrogens with zero attached hydrogens (tertiary/aromatic N) is 1. The molecule has 2 amide bonds. The summed E-state index contributed by atoms with van der Waals surface area (Å²) in [5.41, 5.74) is 7.15. The summed E-state index contributed by atoms with van der Waals surface area (Å²) in [5.74, 6) is 0.200. The average molecular weight is 483 g/mol. The quantitative estimate of drug-likeness (QED) is 0.571. The summed E-state index contributed by atoms with van der Waals surface area (Å²) in [7, 11) is -0.563. The van der Waals surface area contributed by atoms with Crippen molar-refractivity contribution < 1.29 is 23.6 Å². The Balaban J connectivity index is 1.28. The number of carbonyl (C=O) groups excluding carboxylic acids is 2. The maximum atomic E-state index is 13.1. The Labute approximate surface area is 208 Å². The number of morpholine rings is 1. The van der Waals surface area contributed by atoms with Crippen LogP contribution in [0.2, 0.25) is 0 Å². The van der Waals surface area contributed by atoms with Crippen LogP contribution < -0.4 is 11.1 Å². The maximum Gasteiger partial charge on any atom is 0.482 e. The summed E-state index contributed by atoms with van der Waals surface area (Å²) < 4.78 is 18.5. The number of amides is 2. The van der Waals surface area contributed by atoms with Crippen LogP contribution >= 0.6 is 0 Å². The van der Waals surface area contributed by atoms with Crippen molar-refractivity contribution in [2.24, 2.45) is 23.0 Å². The third-order valence-corrected chi connectivity index (χ3v) is 9.02. The van der Waals surface area contributed by atoms with Crippen LogP contribution in [-0.2, 0) is 30.1 Å². The van der Waals surface area contributed by atoms with Gasteiger partial charge in [0.1, 0.15) is 0 Å². The number of hydrogen-bond donors (Lipinski definition) is 2. The molecular weight excluding hydrogens is 445 g/mol. The van der Waals surface area contributed by atoms with Crippen molar-refractivity contribution in [1.29, 1.82) is 0 Å². The highest BCUT2D eigenvalue weighted by Gasteiger charge is 2.68. The molecule has 0 radical (unpaired) electrons. The fourth-order valence-electron chi connectivity index (χ4n) is 6.67. The molecule has 5 fully saturated rings. The van der Waals surface area contributed by atoms with Gasteiger partial charge in [-0.25, -0.2) is 0 Å². The first-order valence-electron chi connectivity index (χ1n) is 13.0. The molecule has 6 rings (SSSR count). The normalized spacial score (nSPS) is 32.9. The number of hydrogen-bond acceptors (Lipinski definition) is 6. The van der Waals surface area contributed by atoms with Gasteiger partial charge in [-0.05, 0) is 49.0 Å². The van der Waals surface area contributed by atoms with Crippen molar-refractivity contribution in [2.45, 2.75) is 70.1 Å². The lowest BCUT2D eigenvalue weighted by Crippen LogP contribution is -2.65. The van der Waals surface area contributed by atoms with E-state index in [1.54, 1.807) is 4.90 Å². The standard InChI is InChI=1S/C26H38BN3O5/c1-25(2)18-14-20(25)26(3)21(15-18)34-27(35-26)22(13-17-7-5-4-6-8-17)29-24(32)19(28)16-23(31)30-9-11-33-12-10-30/h4-8,18-22H,9-16,28H2,1-3H3,(H,29,32)/t18-,19+,20-,21+,22-,26-/m0/s1. The van der Waals surface area contributed by atoms with Crippen LogP contribution in [0.15, 0.2) is 30.3 Å². The largest absolute Gasteiger partial charge is 0.482 e. The van der Waals surface area contributed by atoms with Gasteiger partial charge in [-0.2, -0.15) is 0 Å². The van der Waals surface area contributed by atoms with Gasteiger partial charge in [0.15, 0.2) is 0 Å². The van der Waals surface area contributed by atoms with Crippen molar-refractivity contribution in [1.82, 2.24) is 10.2 Å². The smallest absolute Gasteiger partial charge is 0.404 e. The summed E-state index contributed by atoms with van der Waals surface area (Å²) in [4.78, 5) is 27.5. The van der Waals surface area contributed by atoms with E-state index >= 15 is 0 Å². The third-order valence-electron chi connectivity index (χ3n) is 9.02. The fourth-order valence-corrected chi connectivity index (χ4v) is 6.67. The first-order valence-corrected chi connectivity index (χ1v) is 13.0. The molecular formula is C26H38BN3O5. The first-order chi connectivity index (χ1) is 16.7. The van der Waals surface area contributed by atoms with Gasteiger partial charge in [0.05, 0.1) is 43.3 Å². The number of nitrogens with two attached hydrogens (primary N) is 1. The summed E-state index contributed by atoms with van der Waals surface area (Å²) in [5, 5.41) is 3.08. The number of benzene rings is 1. The Morgan fingerprint density at radius 3 is 2.57 bits per heavy atom. The van der Waals surface area contributed by atoms with Crippen LogP contribution in [0.5, 0.6) is 0 Å². The minimum atomic E-state index is -0.936. The monoisotopic (exact) mass is 483 g/mol. The molecule has 3 saturated carbocycles. The molecule has 6 atom stereocenters. The lowest BCUT2D eigenvalue weighted by atomic mass is 9.43. The van der Waals surface area contributed by atoms with Crippen LogP contribution in [0.3, 0.4) is 0 Å². The van der Waals surface area contributed by atoms with E-state index < -0.39 is 19.1 Å². The highest BCUT2D eigenvalue weighted by atomic mass is 16.7. The second kappa shape index (κ2) is 9.50. The van der Waals surface area contributed by atoms with Gasteiger partial charge in [-0.3, -0.25) is 9.59 Å². The molecule has 2 bridgehead atoms. The van der Waals surface area contributed by atoms with E-state index in [-0.39, 0.29) is 35.4 Å². The van der Waals surface area contributed by atoms with Gasteiger partial charge in [0, 0.05) is 13.1 Å². The Bertz CT molecular complexity index is 940. The second-order valence-corrected chi connectivity index (χ2v) is 11.4. The third kappa shape index (κ3) is 4.64. The molecule has 35 heavy (non-hydrogen) atoms. The summed E-state index contributed by atoms with van der Waals surface area (Å²) >= 11 is 0. The number of rotatable bonds is 7. The van der Waals surface area contributed by atoms with E-state index in [1.165, 1.54) is 6.42 Å². The van der Waals surface area contributed by atoms with E-state index in [4.69, 9.17) is 19.8 Å². The fraction of sp³-hybridized carbons (Fsp3) is 0.692. The SMILES string of the molecule is CC1(C)[C@@H]2C[C@H]3OB([C@H](Cc4ccccc4)NC(=O)[C@H](N)CC(=O)N4CCOCC4)O[C@@]3(C)[C@H]1C2. The van der Waals surface area contributed by atoms with E-state index in [9.17, 15) is 9.59 Å². The molecule has 190 valence electrons. The summed E-state index contributed by atoms with van der Waals surface area (Å²) in [6.07, 6.45) is 2.70. The minimum absolute atomic E-state index is 0.0241. The highest BCUT2D eigenvalue weighted by Crippen LogP contribution is 2.65. The molecule has 3 N–H and O–H groups in total. The molecule has 9 heteroatoms. The van der Waals surface area contributed by atoms with Gasteiger partial charge in [0.25, 0.3) is 0 Å². The summed E-state index contributed by atoms with van der Waals surface area (Å²) in [6.45, 7) is 8.93. The lowest BCUT2D eigenvalue weighted by Gasteiger charge is -2.64. The summed E-state index contributed by atoms with van der Waals surface area (Å²) in [6, 6.07) is 9.06. The predicted molar refractivity (Wildman–Crippen MR) is 132 cm³/mol. The number of nitrogens with one attached hydrogen (secondary N) is 1. The van der Waals surface area contributed by atoms with Gasteiger partial charge in [0.2, 0.25) is 11.8 Å². The van der Waals surface area contributed by atoms with E-state index in [1.807, 2.05) is 30.3 Å². The lowest BCUT2D eigenvalue weighted by molar-refractivity contribution is -0.199. The molecule has 0 unspecified atom stereocenters. The Morgan fingerprint density at radius 2 is 1.89 bits per heavy atom. The second-order valence-electron chi connectivity index (χ2n) is 11.4. The maximum absolute atomic E-state index is 13.1. The van der Waals surface area contributed by atoms with Crippen LogP contribution in [0.1, 0.15) is 45.6 Å². The predicted octanol–water partition coefficient (Wildman–Crippen LogP) is 1.56. The van der Waals surface area contributed by atoms with Gasteiger partial charge in [-0.15, -0.1) is 0 Å². The Hall–Kier alpha value is -1.94. The average Bonchev–Trinajstić information content (AvgIpc) is 3.21. The van der Waals surface area contributed by atoms with Crippen LogP contribution in [-0.4, -0.2) is 73.8 Å². The van der Waals surface area contributed by atoms with Gasteiger partial charge < -0.3 is 30.0 Å². The van der Waals surface area contributed by atoms with E-state index in [0.717, 1.165) is 12.0 Å². The van der Waals surface area contributed by atoms with E-state index in [2.05, 4.69) is 26.1 Å². The zero-order valence-corrected chi connectivity index (χ0v) is 21.1. The van der Waals surface area contributed by atoms with Crippen molar-refractivity contribution in [3.63, 3.8) is 0 Å². The molecule has 1 aromatic rings.